The summed E-state index contributed by atoms with van der Waals surface area (Å²) in [6.45, 7) is 18.2. The van der Waals surface area contributed by atoms with Crippen LogP contribution in [0.5, 0.6) is 17.2 Å². The highest BCUT2D eigenvalue weighted by Gasteiger charge is 2.24. The number of phenols is 3. The first-order chi connectivity index (χ1) is 20.8. The van der Waals surface area contributed by atoms with E-state index < -0.39 is 0 Å². The third-order valence-electron chi connectivity index (χ3n) is 9.43. The van der Waals surface area contributed by atoms with E-state index in [1.807, 2.05) is 41.5 Å². The fourth-order valence-electron chi connectivity index (χ4n) is 6.74. The topological polar surface area (TPSA) is 60.7 Å². The molecule has 0 aliphatic rings. The van der Waals surface area contributed by atoms with E-state index in [4.69, 9.17) is 0 Å². The maximum absolute atomic E-state index is 10.6. The fourth-order valence-corrected chi connectivity index (χ4v) is 6.74. The first-order valence-electron chi connectivity index (χ1n) is 15.3. The molecule has 5 aromatic carbocycles. The molecule has 1 atom stereocenters. The van der Waals surface area contributed by atoms with Crippen molar-refractivity contribution in [2.75, 3.05) is 0 Å². The Bertz CT molecular complexity index is 1530. The van der Waals surface area contributed by atoms with E-state index in [1.165, 1.54) is 27.8 Å². The molecule has 0 radical (unpaired) electrons. The Morgan fingerprint density at radius 1 is 0.318 bits per heavy atom. The lowest BCUT2D eigenvalue weighted by molar-refractivity contribution is 0.466. The number of aryl methyl sites for hydroxylation is 8. The molecule has 0 spiro atoms. The van der Waals surface area contributed by atoms with E-state index >= 15 is 0 Å². The molecule has 0 saturated carbocycles. The minimum Gasteiger partial charge on any atom is -0.507 e. The van der Waals surface area contributed by atoms with Gasteiger partial charge in [0.25, 0.3) is 0 Å². The van der Waals surface area contributed by atoms with Crippen LogP contribution in [0.15, 0.2) is 72.8 Å². The monoisotopic (exact) mass is 584 g/mol. The highest BCUT2D eigenvalue weighted by molar-refractivity contribution is 5.56. The molecule has 0 amide bonds. The van der Waals surface area contributed by atoms with Crippen molar-refractivity contribution >= 4 is 0 Å². The summed E-state index contributed by atoms with van der Waals surface area (Å²) in [5.41, 5.74) is 15.9. The second-order valence-electron chi connectivity index (χ2n) is 12.8. The molecular weight excluding hydrogens is 540 g/mol. The van der Waals surface area contributed by atoms with E-state index in [1.54, 1.807) is 0 Å². The zero-order valence-electron chi connectivity index (χ0n) is 27.4. The van der Waals surface area contributed by atoms with Gasteiger partial charge in [-0.15, -0.1) is 0 Å². The summed E-state index contributed by atoms with van der Waals surface area (Å²) >= 11 is 0. The van der Waals surface area contributed by atoms with Gasteiger partial charge in [0.05, 0.1) is 0 Å². The standard InChI is InChI=1S/C41H44O3/c1-22-14-33(15-23(2)30(22)9)37(34-16-24(3)39(42)25(4)17-34)31-10-12-32(13-11-31)38(35-18-26(5)40(43)27(6)19-35)36-20-28(7)41(44)29(8)21-36/h10-21,37-38,42-44H,1-9H3. The second kappa shape index (κ2) is 11.9. The van der Waals surface area contributed by atoms with Crippen LogP contribution < -0.4 is 0 Å². The molecule has 5 aromatic rings. The van der Waals surface area contributed by atoms with Crippen molar-refractivity contribution in [3.63, 3.8) is 0 Å². The summed E-state index contributed by atoms with van der Waals surface area (Å²) in [5, 5.41) is 31.7. The Morgan fingerprint density at radius 3 is 0.750 bits per heavy atom. The largest absolute Gasteiger partial charge is 0.507 e. The van der Waals surface area contributed by atoms with Crippen LogP contribution >= 0.6 is 0 Å². The Hall–Kier alpha value is -4.50. The van der Waals surface area contributed by atoms with Gasteiger partial charge in [-0.3, -0.25) is 0 Å². The fraction of sp³-hybridized carbons (Fsp3) is 0.268. The lowest BCUT2D eigenvalue weighted by atomic mass is 9.79. The predicted octanol–water partition coefficient (Wildman–Crippen LogP) is 9.94. The van der Waals surface area contributed by atoms with Gasteiger partial charge in [0.15, 0.2) is 0 Å². The summed E-state index contributed by atoms with van der Waals surface area (Å²) in [4.78, 5) is 0. The van der Waals surface area contributed by atoms with E-state index in [2.05, 4.69) is 93.6 Å². The molecule has 0 aliphatic carbocycles. The molecule has 5 rings (SSSR count). The summed E-state index contributed by atoms with van der Waals surface area (Å²) in [7, 11) is 0. The molecule has 0 aliphatic heterocycles. The molecule has 44 heavy (non-hydrogen) atoms. The minimum absolute atomic E-state index is 0.00479. The number of aromatic hydroxyl groups is 3. The molecule has 226 valence electrons. The average Bonchev–Trinajstić information content (AvgIpc) is 2.97. The van der Waals surface area contributed by atoms with Gasteiger partial charge in [0, 0.05) is 11.8 Å². The van der Waals surface area contributed by atoms with Crippen LogP contribution in [0.1, 0.15) is 95.3 Å². The maximum atomic E-state index is 10.6. The van der Waals surface area contributed by atoms with Crippen LogP contribution in [0.2, 0.25) is 0 Å². The van der Waals surface area contributed by atoms with E-state index in [-0.39, 0.29) is 11.8 Å². The quantitative estimate of drug-likeness (QED) is 0.174. The van der Waals surface area contributed by atoms with Gasteiger partial charge >= 0.3 is 0 Å². The Morgan fingerprint density at radius 2 is 0.523 bits per heavy atom. The molecule has 0 aromatic heterocycles. The summed E-state index contributed by atoms with van der Waals surface area (Å²) in [6.07, 6.45) is 0. The zero-order chi connectivity index (χ0) is 32.0. The van der Waals surface area contributed by atoms with Crippen LogP contribution in [0, 0.1) is 62.3 Å². The number of benzene rings is 5. The first kappa shape index (κ1) is 30.9. The van der Waals surface area contributed by atoms with Gasteiger partial charge < -0.3 is 15.3 Å². The Kier molecular flexibility index (Phi) is 8.36. The molecule has 0 saturated heterocycles. The van der Waals surface area contributed by atoms with Crippen LogP contribution in [0.3, 0.4) is 0 Å². The smallest absolute Gasteiger partial charge is 0.121 e. The van der Waals surface area contributed by atoms with Crippen molar-refractivity contribution in [2.45, 2.75) is 74.1 Å². The van der Waals surface area contributed by atoms with Crippen molar-refractivity contribution < 1.29 is 15.3 Å². The summed E-state index contributed by atoms with van der Waals surface area (Å²) in [5.74, 6) is 0.912. The molecule has 3 N–H and O–H groups in total. The summed E-state index contributed by atoms with van der Waals surface area (Å²) < 4.78 is 0. The third-order valence-corrected chi connectivity index (χ3v) is 9.43. The van der Waals surface area contributed by atoms with Crippen molar-refractivity contribution in [3.8, 4) is 17.2 Å². The SMILES string of the molecule is Cc1cc(C(c2ccc(C(c3cc(C)c(O)c(C)c3)c3cc(C)c(O)c(C)c3)cc2)c2cc(C)c(O)c(C)c2)cc(C)c1C. The highest BCUT2D eigenvalue weighted by Crippen LogP contribution is 2.41. The van der Waals surface area contributed by atoms with Crippen LogP contribution in [-0.4, -0.2) is 15.3 Å². The van der Waals surface area contributed by atoms with Gasteiger partial charge in [-0.25, -0.2) is 0 Å². The van der Waals surface area contributed by atoms with E-state index in [0.717, 1.165) is 55.6 Å². The zero-order valence-corrected chi connectivity index (χ0v) is 27.4. The van der Waals surface area contributed by atoms with E-state index in [9.17, 15) is 15.3 Å². The van der Waals surface area contributed by atoms with Crippen molar-refractivity contribution in [1.82, 2.24) is 0 Å². The van der Waals surface area contributed by atoms with E-state index in [0.29, 0.717) is 17.2 Å². The van der Waals surface area contributed by atoms with Gasteiger partial charge in [-0.1, -0.05) is 72.8 Å². The third kappa shape index (κ3) is 5.71. The predicted molar refractivity (Wildman–Crippen MR) is 182 cm³/mol. The number of hydrogen-bond donors (Lipinski definition) is 3. The number of rotatable bonds is 6. The lowest BCUT2D eigenvalue weighted by Crippen LogP contribution is -2.08. The maximum Gasteiger partial charge on any atom is 0.121 e. The number of hydrogen-bond acceptors (Lipinski definition) is 3. The van der Waals surface area contributed by atoms with Crippen molar-refractivity contribution in [2.24, 2.45) is 0 Å². The van der Waals surface area contributed by atoms with Crippen LogP contribution in [-0.2, 0) is 0 Å². The van der Waals surface area contributed by atoms with Gasteiger partial charge in [0.2, 0.25) is 0 Å². The molecule has 0 fully saturated rings. The molecule has 0 heterocycles. The molecule has 3 heteroatoms. The van der Waals surface area contributed by atoms with Crippen molar-refractivity contribution in [1.29, 1.82) is 0 Å². The van der Waals surface area contributed by atoms with Crippen LogP contribution in [0.4, 0.5) is 0 Å². The summed E-state index contributed by atoms with van der Waals surface area (Å²) in [6, 6.07) is 26.0. The Balaban J connectivity index is 1.70. The number of phenolic OH excluding ortho intramolecular Hbond substituents is 3. The molecule has 0 bridgehead atoms. The molecule has 1 unspecified atom stereocenters. The minimum atomic E-state index is -0.0828. The molecule has 3 nitrogen and oxygen atoms in total. The Labute approximate surface area is 262 Å². The van der Waals surface area contributed by atoms with Gasteiger partial charge in [-0.2, -0.15) is 0 Å². The van der Waals surface area contributed by atoms with Crippen molar-refractivity contribution in [3.05, 3.63) is 156 Å². The van der Waals surface area contributed by atoms with Gasteiger partial charge in [0.1, 0.15) is 17.2 Å². The normalized spacial score (nSPS) is 12.1. The average molecular weight is 585 g/mol. The lowest BCUT2D eigenvalue weighted by Gasteiger charge is -2.25. The first-order valence-corrected chi connectivity index (χ1v) is 15.3. The van der Waals surface area contributed by atoms with Crippen LogP contribution in [0.25, 0.3) is 0 Å². The highest BCUT2D eigenvalue weighted by atomic mass is 16.3. The second-order valence-corrected chi connectivity index (χ2v) is 12.8. The molecular formula is C41H44O3. The van der Waals surface area contributed by atoms with Gasteiger partial charge in [-0.05, 0) is 146 Å².